The third kappa shape index (κ3) is 4.15. The lowest BCUT2D eigenvalue weighted by Crippen LogP contribution is -2.43. The highest BCUT2D eigenvalue weighted by molar-refractivity contribution is 8.07. The van der Waals surface area contributed by atoms with Crippen molar-refractivity contribution in [2.45, 2.75) is 55.4 Å². The molecule has 1 N–H and O–H groups in total. The van der Waals surface area contributed by atoms with Gasteiger partial charge in [-0.2, -0.15) is 23.5 Å². The molecule has 1 aliphatic rings. The summed E-state index contributed by atoms with van der Waals surface area (Å²) < 4.78 is 0. The van der Waals surface area contributed by atoms with Crippen LogP contribution in [0.2, 0.25) is 0 Å². The molecule has 1 aliphatic heterocycles. The molecule has 112 valence electrons. The maximum Gasteiger partial charge on any atom is 0.0419 e. The highest BCUT2D eigenvalue weighted by atomic mass is 32.2. The monoisotopic (exact) mass is 310 g/mol. The number of hydrogen-bond donors (Lipinski definition) is 1. The first kappa shape index (κ1) is 16.2. The fraction of sp³-hybridized carbons (Fsp3) is 0.688. The molecule has 0 radical (unpaired) electrons. The molecule has 1 aromatic heterocycles. The summed E-state index contributed by atoms with van der Waals surface area (Å²) in [7, 11) is 2.08. The van der Waals surface area contributed by atoms with Gasteiger partial charge < -0.3 is 5.32 Å². The molecule has 0 amide bonds. The maximum atomic E-state index is 4.61. The molecule has 1 saturated heterocycles. The molecule has 20 heavy (non-hydrogen) atoms. The number of thioether (sulfide) groups is 2. The average Bonchev–Trinajstić information content (AvgIpc) is 2.48. The summed E-state index contributed by atoms with van der Waals surface area (Å²) >= 11 is 4.26. The zero-order chi connectivity index (χ0) is 14.5. The zero-order valence-electron chi connectivity index (χ0n) is 12.9. The summed E-state index contributed by atoms with van der Waals surface area (Å²) in [6.07, 6.45) is 4.11. The van der Waals surface area contributed by atoms with Crippen molar-refractivity contribution in [3.05, 3.63) is 29.6 Å². The second-order valence-electron chi connectivity index (χ2n) is 5.53. The zero-order valence-corrected chi connectivity index (χ0v) is 14.6. The van der Waals surface area contributed by atoms with Gasteiger partial charge in [0.15, 0.2) is 0 Å². The van der Waals surface area contributed by atoms with Crippen molar-refractivity contribution in [1.29, 1.82) is 0 Å². The molecule has 1 fully saturated rings. The average molecular weight is 311 g/mol. The number of rotatable bonds is 5. The Labute approximate surface area is 131 Å². The fourth-order valence-electron chi connectivity index (χ4n) is 2.45. The normalized spacial score (nSPS) is 28.3. The molecular weight excluding hydrogens is 284 g/mol. The summed E-state index contributed by atoms with van der Waals surface area (Å²) in [5, 5.41) is 5.71. The molecule has 0 spiro atoms. The molecule has 0 aliphatic carbocycles. The van der Waals surface area contributed by atoms with Crippen molar-refractivity contribution in [3.8, 4) is 0 Å². The Kier molecular flexibility index (Phi) is 6.24. The molecule has 4 unspecified atom stereocenters. The first-order valence-corrected chi connectivity index (χ1v) is 9.51. The van der Waals surface area contributed by atoms with E-state index in [0.29, 0.717) is 11.3 Å². The van der Waals surface area contributed by atoms with Crippen LogP contribution in [0.25, 0.3) is 0 Å². The molecule has 4 atom stereocenters. The minimum Gasteiger partial charge on any atom is -0.315 e. The van der Waals surface area contributed by atoms with Gasteiger partial charge in [0.05, 0.1) is 0 Å². The van der Waals surface area contributed by atoms with Crippen LogP contribution in [0.15, 0.2) is 18.3 Å². The van der Waals surface area contributed by atoms with Crippen LogP contribution in [0.3, 0.4) is 0 Å². The molecule has 0 aromatic carbocycles. The smallest absolute Gasteiger partial charge is 0.0419 e. The van der Waals surface area contributed by atoms with Crippen LogP contribution < -0.4 is 5.32 Å². The summed E-state index contributed by atoms with van der Waals surface area (Å²) in [6, 6.07) is 4.92. The van der Waals surface area contributed by atoms with Crippen LogP contribution in [-0.2, 0) is 12.8 Å². The van der Waals surface area contributed by atoms with E-state index in [-0.39, 0.29) is 0 Å². The van der Waals surface area contributed by atoms with E-state index in [9.17, 15) is 0 Å². The second-order valence-corrected chi connectivity index (χ2v) is 8.56. The van der Waals surface area contributed by atoms with Crippen molar-refractivity contribution < 1.29 is 0 Å². The van der Waals surface area contributed by atoms with Gasteiger partial charge in [0.25, 0.3) is 0 Å². The van der Waals surface area contributed by atoms with Gasteiger partial charge in [-0.25, -0.2) is 0 Å². The van der Waals surface area contributed by atoms with Gasteiger partial charge >= 0.3 is 0 Å². The minimum atomic E-state index is 0.516. The van der Waals surface area contributed by atoms with Gasteiger partial charge in [-0.3, -0.25) is 4.98 Å². The topological polar surface area (TPSA) is 24.9 Å². The molecule has 4 heteroatoms. The molecular formula is C16H26N2S2. The lowest BCUT2D eigenvalue weighted by molar-refractivity contribution is 0.548. The quantitative estimate of drug-likeness (QED) is 0.901. The Bertz CT molecular complexity index is 407. The molecule has 0 saturated carbocycles. The van der Waals surface area contributed by atoms with Gasteiger partial charge in [-0.1, -0.05) is 26.8 Å². The van der Waals surface area contributed by atoms with E-state index in [1.807, 2.05) is 6.20 Å². The summed E-state index contributed by atoms with van der Waals surface area (Å²) in [6.45, 7) is 6.87. The van der Waals surface area contributed by atoms with E-state index in [2.05, 4.69) is 73.8 Å². The van der Waals surface area contributed by atoms with E-state index in [1.165, 1.54) is 17.0 Å². The van der Waals surface area contributed by atoms with Crippen LogP contribution in [-0.4, -0.2) is 39.6 Å². The van der Waals surface area contributed by atoms with Gasteiger partial charge in [0.2, 0.25) is 0 Å². The van der Waals surface area contributed by atoms with Gasteiger partial charge in [0.1, 0.15) is 0 Å². The van der Waals surface area contributed by atoms with Crippen LogP contribution in [0.1, 0.15) is 32.0 Å². The molecule has 2 rings (SSSR count). The largest absolute Gasteiger partial charge is 0.315 e. The Hall–Kier alpha value is -0.190. The number of pyridine rings is 1. The highest BCUT2D eigenvalue weighted by Crippen LogP contribution is 2.37. The lowest BCUT2D eigenvalue weighted by atomic mass is 10.1. The summed E-state index contributed by atoms with van der Waals surface area (Å²) in [4.78, 5) is 4.61. The number of likely N-dealkylation sites (N-methyl/N-ethyl adjacent to an activating group) is 1. The first-order chi connectivity index (χ1) is 9.63. The third-order valence-electron chi connectivity index (χ3n) is 4.12. The van der Waals surface area contributed by atoms with E-state index in [4.69, 9.17) is 0 Å². The third-order valence-corrected chi connectivity index (χ3v) is 7.67. The molecule has 0 bridgehead atoms. The standard InChI is InChI=1S/C16H26N2S2/c1-5-13-6-7-14(18-9-13)8-15(17-4)16-10-19-11(2)12(3)20-16/h6-7,9,11-12,15-17H,5,8,10H2,1-4H3. The fourth-order valence-corrected chi connectivity index (χ4v) is 5.62. The van der Waals surface area contributed by atoms with Crippen molar-refractivity contribution in [2.75, 3.05) is 12.8 Å². The van der Waals surface area contributed by atoms with Crippen molar-refractivity contribution >= 4 is 23.5 Å². The van der Waals surface area contributed by atoms with Gasteiger partial charge in [0, 0.05) is 45.9 Å². The first-order valence-electron chi connectivity index (χ1n) is 7.52. The van der Waals surface area contributed by atoms with Crippen LogP contribution in [0.5, 0.6) is 0 Å². The number of nitrogens with one attached hydrogen (secondary N) is 1. The lowest BCUT2D eigenvalue weighted by Gasteiger charge is -2.35. The Morgan fingerprint density at radius 3 is 2.70 bits per heavy atom. The van der Waals surface area contributed by atoms with E-state index in [0.717, 1.165) is 23.3 Å². The number of aryl methyl sites for hydroxylation is 1. The van der Waals surface area contributed by atoms with Crippen molar-refractivity contribution in [2.24, 2.45) is 0 Å². The summed E-state index contributed by atoms with van der Waals surface area (Å²) in [5.41, 5.74) is 2.53. The Morgan fingerprint density at radius 1 is 1.35 bits per heavy atom. The van der Waals surface area contributed by atoms with Crippen molar-refractivity contribution in [3.63, 3.8) is 0 Å². The van der Waals surface area contributed by atoms with Gasteiger partial charge in [-0.15, -0.1) is 0 Å². The second kappa shape index (κ2) is 7.71. The number of aromatic nitrogens is 1. The van der Waals surface area contributed by atoms with E-state index in [1.54, 1.807) is 0 Å². The SMILES string of the molecule is CCc1ccc(CC(NC)C2CSC(C)C(C)S2)nc1. The highest BCUT2D eigenvalue weighted by Gasteiger charge is 2.30. The van der Waals surface area contributed by atoms with Crippen LogP contribution in [0.4, 0.5) is 0 Å². The number of nitrogens with zero attached hydrogens (tertiary/aromatic N) is 1. The van der Waals surface area contributed by atoms with Crippen LogP contribution in [0, 0.1) is 0 Å². The molecule has 2 heterocycles. The summed E-state index contributed by atoms with van der Waals surface area (Å²) in [5.74, 6) is 1.24. The maximum absolute atomic E-state index is 4.61. The minimum absolute atomic E-state index is 0.516. The Morgan fingerprint density at radius 2 is 2.15 bits per heavy atom. The molecule has 2 nitrogen and oxygen atoms in total. The van der Waals surface area contributed by atoms with Crippen LogP contribution >= 0.6 is 23.5 Å². The van der Waals surface area contributed by atoms with E-state index >= 15 is 0 Å². The van der Waals surface area contributed by atoms with E-state index < -0.39 is 0 Å². The predicted octanol–water partition coefficient (Wildman–Crippen LogP) is 3.40. The molecule has 1 aromatic rings. The predicted molar refractivity (Wildman–Crippen MR) is 92.9 cm³/mol. The van der Waals surface area contributed by atoms with Crippen molar-refractivity contribution in [1.82, 2.24) is 10.3 Å². The van der Waals surface area contributed by atoms with Gasteiger partial charge in [-0.05, 0) is 25.1 Å². The Balaban J connectivity index is 1.97. The number of hydrogen-bond acceptors (Lipinski definition) is 4.